The molecule has 0 saturated carbocycles. The molecule has 25 heavy (non-hydrogen) atoms. The van der Waals surface area contributed by atoms with Crippen molar-refractivity contribution in [3.63, 3.8) is 0 Å². The van der Waals surface area contributed by atoms with Crippen molar-refractivity contribution >= 4 is 5.97 Å². The van der Waals surface area contributed by atoms with Gasteiger partial charge >= 0.3 is 5.97 Å². The predicted octanol–water partition coefficient (Wildman–Crippen LogP) is 4.16. The van der Waals surface area contributed by atoms with Gasteiger partial charge in [0.25, 0.3) is 0 Å². The molecule has 0 spiro atoms. The normalized spacial score (nSPS) is 10.4. The van der Waals surface area contributed by atoms with Crippen LogP contribution in [-0.4, -0.2) is 17.7 Å². The molecule has 2 aromatic carbocycles. The Hall–Kier alpha value is -3.08. The van der Waals surface area contributed by atoms with Gasteiger partial charge in [0.15, 0.2) is 12.4 Å². The lowest BCUT2D eigenvalue weighted by molar-refractivity contribution is -0.146. The van der Waals surface area contributed by atoms with Crippen molar-refractivity contribution in [2.75, 3.05) is 6.61 Å². The third kappa shape index (κ3) is 4.94. The molecule has 0 fully saturated rings. The van der Waals surface area contributed by atoms with Crippen LogP contribution in [0.5, 0.6) is 5.75 Å². The van der Waals surface area contributed by atoms with Gasteiger partial charge < -0.3 is 14.0 Å². The van der Waals surface area contributed by atoms with Crippen LogP contribution in [0.3, 0.4) is 0 Å². The topological polar surface area (TPSA) is 61.6 Å². The average molecular weight is 337 g/mol. The van der Waals surface area contributed by atoms with Crippen LogP contribution in [0.1, 0.15) is 17.7 Å². The Kier molecular flexibility index (Phi) is 5.46. The number of rotatable bonds is 7. The summed E-state index contributed by atoms with van der Waals surface area (Å²) in [6.45, 7) is 2.34. The second-order valence-electron chi connectivity index (χ2n) is 5.62. The number of hydrogen-bond donors (Lipinski definition) is 0. The maximum absolute atomic E-state index is 11.8. The summed E-state index contributed by atoms with van der Waals surface area (Å²) in [6, 6.07) is 19.1. The van der Waals surface area contributed by atoms with E-state index in [1.165, 1.54) is 0 Å². The minimum Gasteiger partial charge on any atom is -0.493 e. The molecular formula is C20H19NO4. The zero-order valence-corrected chi connectivity index (χ0v) is 14.0. The van der Waals surface area contributed by atoms with Crippen molar-refractivity contribution < 1.29 is 18.8 Å². The standard InChI is InChI=1S/C20H19NO4/c1-15-7-9-17(10-8-15)23-12-11-20(22)24-14-18-13-19(21-25-18)16-5-3-2-4-6-16/h2-10,13H,11-12,14H2,1H3. The van der Waals surface area contributed by atoms with Gasteiger partial charge in [0.1, 0.15) is 11.4 Å². The quantitative estimate of drug-likeness (QED) is 0.606. The molecule has 0 amide bonds. The highest BCUT2D eigenvalue weighted by Gasteiger charge is 2.09. The third-order valence-electron chi connectivity index (χ3n) is 3.60. The molecule has 0 atom stereocenters. The van der Waals surface area contributed by atoms with Crippen LogP contribution in [0, 0.1) is 6.92 Å². The third-order valence-corrected chi connectivity index (χ3v) is 3.60. The molecule has 0 unspecified atom stereocenters. The fraction of sp³-hybridized carbons (Fsp3) is 0.200. The Balaban J connectivity index is 1.42. The summed E-state index contributed by atoms with van der Waals surface area (Å²) in [6.07, 6.45) is 0.174. The molecule has 0 aliphatic rings. The van der Waals surface area contributed by atoms with Crippen molar-refractivity contribution in [1.82, 2.24) is 5.16 Å². The summed E-state index contributed by atoms with van der Waals surface area (Å²) < 4.78 is 15.9. The fourth-order valence-electron chi connectivity index (χ4n) is 2.24. The van der Waals surface area contributed by atoms with Gasteiger partial charge in [-0.1, -0.05) is 53.2 Å². The number of benzene rings is 2. The Bertz CT molecular complexity index is 809. The van der Waals surface area contributed by atoms with E-state index in [0.29, 0.717) is 11.5 Å². The zero-order valence-electron chi connectivity index (χ0n) is 14.0. The molecule has 0 N–H and O–H groups in total. The Morgan fingerprint density at radius 1 is 1.08 bits per heavy atom. The van der Waals surface area contributed by atoms with E-state index in [9.17, 15) is 4.79 Å². The second-order valence-corrected chi connectivity index (χ2v) is 5.62. The first-order valence-corrected chi connectivity index (χ1v) is 8.07. The molecule has 128 valence electrons. The van der Waals surface area contributed by atoms with E-state index in [1.807, 2.05) is 61.5 Å². The Morgan fingerprint density at radius 3 is 2.60 bits per heavy atom. The number of aromatic nitrogens is 1. The number of aryl methyl sites for hydroxylation is 1. The molecular weight excluding hydrogens is 318 g/mol. The van der Waals surface area contributed by atoms with Gasteiger partial charge in [0.05, 0.1) is 13.0 Å². The van der Waals surface area contributed by atoms with Crippen LogP contribution in [-0.2, 0) is 16.1 Å². The number of nitrogens with zero attached hydrogens (tertiary/aromatic N) is 1. The summed E-state index contributed by atoms with van der Waals surface area (Å²) in [5, 5.41) is 3.98. The van der Waals surface area contributed by atoms with Gasteiger partial charge in [-0.05, 0) is 19.1 Å². The predicted molar refractivity (Wildman–Crippen MR) is 93.0 cm³/mol. The number of esters is 1. The summed E-state index contributed by atoms with van der Waals surface area (Å²) in [5.74, 6) is 0.901. The lowest BCUT2D eigenvalue weighted by Crippen LogP contribution is -2.09. The lowest BCUT2D eigenvalue weighted by atomic mass is 10.1. The molecule has 0 bridgehead atoms. The van der Waals surface area contributed by atoms with Crippen molar-refractivity contribution in [2.24, 2.45) is 0 Å². The molecule has 0 aliphatic carbocycles. The average Bonchev–Trinajstić information content (AvgIpc) is 3.11. The molecule has 5 heteroatoms. The van der Waals surface area contributed by atoms with Crippen LogP contribution in [0.2, 0.25) is 0 Å². The van der Waals surface area contributed by atoms with Crippen LogP contribution in [0.25, 0.3) is 11.3 Å². The van der Waals surface area contributed by atoms with Crippen LogP contribution >= 0.6 is 0 Å². The maximum Gasteiger partial charge on any atom is 0.309 e. The highest BCUT2D eigenvalue weighted by molar-refractivity contribution is 5.69. The number of carbonyl (C=O) groups excluding carboxylic acids is 1. The second kappa shape index (κ2) is 8.15. The van der Waals surface area contributed by atoms with Gasteiger partial charge in [0.2, 0.25) is 0 Å². The largest absolute Gasteiger partial charge is 0.493 e. The first-order valence-electron chi connectivity index (χ1n) is 8.07. The molecule has 1 heterocycles. The minimum atomic E-state index is -0.343. The Morgan fingerprint density at radius 2 is 1.84 bits per heavy atom. The molecule has 0 radical (unpaired) electrons. The SMILES string of the molecule is Cc1ccc(OCCC(=O)OCc2cc(-c3ccccc3)no2)cc1. The summed E-state index contributed by atoms with van der Waals surface area (Å²) in [7, 11) is 0. The highest BCUT2D eigenvalue weighted by Crippen LogP contribution is 2.19. The minimum absolute atomic E-state index is 0.0587. The van der Waals surface area contributed by atoms with Gasteiger partial charge in [-0.3, -0.25) is 4.79 Å². The van der Waals surface area contributed by atoms with E-state index >= 15 is 0 Å². The van der Waals surface area contributed by atoms with Gasteiger partial charge in [-0.2, -0.15) is 0 Å². The fourth-order valence-corrected chi connectivity index (χ4v) is 2.24. The lowest BCUT2D eigenvalue weighted by Gasteiger charge is -2.06. The van der Waals surface area contributed by atoms with Crippen molar-refractivity contribution in [3.05, 3.63) is 72.0 Å². The molecule has 5 nitrogen and oxygen atoms in total. The number of carbonyl (C=O) groups is 1. The summed E-state index contributed by atoms with van der Waals surface area (Å²) in [5.41, 5.74) is 2.83. The van der Waals surface area contributed by atoms with E-state index in [4.69, 9.17) is 14.0 Å². The first-order chi connectivity index (χ1) is 12.2. The zero-order chi connectivity index (χ0) is 17.5. The number of ether oxygens (including phenoxy) is 2. The van der Waals surface area contributed by atoms with Crippen molar-refractivity contribution in [3.8, 4) is 17.0 Å². The van der Waals surface area contributed by atoms with E-state index in [0.717, 1.165) is 16.9 Å². The van der Waals surface area contributed by atoms with E-state index in [2.05, 4.69) is 5.16 Å². The van der Waals surface area contributed by atoms with Crippen LogP contribution in [0.15, 0.2) is 65.2 Å². The van der Waals surface area contributed by atoms with Gasteiger partial charge in [-0.15, -0.1) is 0 Å². The van der Waals surface area contributed by atoms with Crippen LogP contribution in [0.4, 0.5) is 0 Å². The molecule has 3 aromatic rings. The molecule has 3 rings (SSSR count). The molecule has 1 aromatic heterocycles. The van der Waals surface area contributed by atoms with Crippen molar-refractivity contribution in [2.45, 2.75) is 20.0 Å². The molecule has 0 saturated heterocycles. The maximum atomic E-state index is 11.8. The Labute approximate surface area is 146 Å². The van der Waals surface area contributed by atoms with Crippen LogP contribution < -0.4 is 4.74 Å². The smallest absolute Gasteiger partial charge is 0.309 e. The highest BCUT2D eigenvalue weighted by atomic mass is 16.6. The monoisotopic (exact) mass is 337 g/mol. The van der Waals surface area contributed by atoms with E-state index in [-0.39, 0.29) is 25.6 Å². The summed E-state index contributed by atoms with van der Waals surface area (Å²) >= 11 is 0. The van der Waals surface area contributed by atoms with Gasteiger partial charge in [-0.25, -0.2) is 0 Å². The first kappa shape index (κ1) is 16.8. The molecule has 0 aliphatic heterocycles. The number of hydrogen-bond acceptors (Lipinski definition) is 5. The van der Waals surface area contributed by atoms with E-state index in [1.54, 1.807) is 6.07 Å². The van der Waals surface area contributed by atoms with Crippen molar-refractivity contribution in [1.29, 1.82) is 0 Å². The van der Waals surface area contributed by atoms with Gasteiger partial charge in [0, 0.05) is 11.6 Å². The van der Waals surface area contributed by atoms with E-state index < -0.39 is 0 Å². The summed E-state index contributed by atoms with van der Waals surface area (Å²) in [4.78, 5) is 11.8.